The summed E-state index contributed by atoms with van der Waals surface area (Å²) < 4.78 is 14.1. The van der Waals surface area contributed by atoms with Crippen LogP contribution in [0.3, 0.4) is 0 Å². The number of hydrogen-bond donors (Lipinski definition) is 1. The third-order valence-corrected chi connectivity index (χ3v) is 5.26. The molecule has 0 bridgehead atoms. The molecule has 1 aromatic carbocycles. The molecule has 0 radical (unpaired) electrons. The Kier molecular flexibility index (Phi) is 4.91. The van der Waals surface area contributed by atoms with Gasteiger partial charge in [-0.3, -0.25) is 4.90 Å². The van der Waals surface area contributed by atoms with Crippen molar-refractivity contribution in [2.45, 2.75) is 51.1 Å². The minimum atomic E-state index is -0.0802. The van der Waals surface area contributed by atoms with Crippen molar-refractivity contribution in [1.29, 1.82) is 0 Å². The summed E-state index contributed by atoms with van der Waals surface area (Å²) in [5.74, 6) is 0.810. The van der Waals surface area contributed by atoms with Crippen LogP contribution in [0.15, 0.2) is 24.3 Å². The number of benzene rings is 1. The van der Waals surface area contributed by atoms with Gasteiger partial charge in [-0.1, -0.05) is 31.5 Å². The molecule has 1 N–H and O–H groups in total. The first-order valence-corrected chi connectivity index (χ1v) is 8.51. The highest BCUT2D eigenvalue weighted by molar-refractivity contribution is 5.21. The zero-order chi connectivity index (χ0) is 14.7. The van der Waals surface area contributed by atoms with E-state index in [1.54, 1.807) is 12.1 Å². The van der Waals surface area contributed by atoms with Crippen molar-refractivity contribution in [2.75, 3.05) is 19.6 Å². The van der Waals surface area contributed by atoms with Crippen molar-refractivity contribution >= 4 is 0 Å². The highest BCUT2D eigenvalue weighted by Crippen LogP contribution is 2.37. The lowest BCUT2D eigenvalue weighted by Crippen LogP contribution is -2.46. The number of nitrogens with zero attached hydrogens (tertiary/aromatic N) is 1. The molecule has 3 atom stereocenters. The lowest BCUT2D eigenvalue weighted by Gasteiger charge is -2.40. The number of likely N-dealkylation sites (tertiary alicyclic amines) is 1. The molecule has 116 valence electrons. The van der Waals surface area contributed by atoms with E-state index >= 15 is 0 Å². The molecular formula is C18H27FN2. The third-order valence-electron chi connectivity index (χ3n) is 5.26. The fourth-order valence-corrected chi connectivity index (χ4v) is 4.30. The van der Waals surface area contributed by atoms with Gasteiger partial charge < -0.3 is 5.32 Å². The van der Waals surface area contributed by atoms with Crippen LogP contribution in [0.4, 0.5) is 4.39 Å². The first-order valence-electron chi connectivity index (χ1n) is 8.51. The van der Waals surface area contributed by atoms with E-state index in [1.165, 1.54) is 38.6 Å². The van der Waals surface area contributed by atoms with Gasteiger partial charge in [-0.05, 0) is 50.8 Å². The normalized spacial score (nSPS) is 27.5. The molecule has 2 nitrogen and oxygen atoms in total. The van der Waals surface area contributed by atoms with Crippen molar-refractivity contribution in [3.63, 3.8) is 0 Å². The molecule has 2 aliphatic rings. The predicted octanol–water partition coefficient (Wildman–Crippen LogP) is 3.74. The molecule has 1 saturated carbocycles. The molecule has 0 aromatic heterocycles. The van der Waals surface area contributed by atoms with Crippen LogP contribution in [0.1, 0.15) is 50.6 Å². The van der Waals surface area contributed by atoms with Crippen LogP contribution in [0, 0.1) is 11.7 Å². The Morgan fingerprint density at radius 1 is 1.24 bits per heavy atom. The van der Waals surface area contributed by atoms with Gasteiger partial charge in [0.05, 0.1) is 0 Å². The number of likely N-dealkylation sites (N-methyl/N-ethyl adjacent to an activating group) is 1. The topological polar surface area (TPSA) is 15.3 Å². The van der Waals surface area contributed by atoms with Gasteiger partial charge >= 0.3 is 0 Å². The third kappa shape index (κ3) is 3.29. The summed E-state index contributed by atoms with van der Waals surface area (Å²) >= 11 is 0. The van der Waals surface area contributed by atoms with Crippen molar-refractivity contribution < 1.29 is 4.39 Å². The molecule has 1 saturated heterocycles. The van der Waals surface area contributed by atoms with Gasteiger partial charge in [-0.15, -0.1) is 0 Å². The molecule has 3 rings (SSSR count). The van der Waals surface area contributed by atoms with E-state index in [1.807, 2.05) is 12.1 Å². The van der Waals surface area contributed by atoms with Gasteiger partial charge in [0.2, 0.25) is 0 Å². The zero-order valence-electron chi connectivity index (χ0n) is 13.0. The van der Waals surface area contributed by atoms with E-state index < -0.39 is 0 Å². The monoisotopic (exact) mass is 290 g/mol. The Bertz CT molecular complexity index is 462. The Labute approximate surface area is 127 Å². The zero-order valence-corrected chi connectivity index (χ0v) is 13.0. The van der Waals surface area contributed by atoms with E-state index in [-0.39, 0.29) is 11.9 Å². The maximum atomic E-state index is 14.1. The maximum Gasteiger partial charge on any atom is 0.128 e. The van der Waals surface area contributed by atoms with E-state index in [9.17, 15) is 4.39 Å². The highest BCUT2D eigenvalue weighted by atomic mass is 19.1. The number of rotatable bonds is 5. The summed E-state index contributed by atoms with van der Waals surface area (Å²) in [5.41, 5.74) is 0.819. The van der Waals surface area contributed by atoms with Crippen LogP contribution >= 0.6 is 0 Å². The summed E-state index contributed by atoms with van der Waals surface area (Å²) in [6, 6.07) is 8.07. The van der Waals surface area contributed by atoms with E-state index in [0.29, 0.717) is 0 Å². The summed E-state index contributed by atoms with van der Waals surface area (Å²) in [6.07, 6.45) is 6.80. The lowest BCUT2D eigenvalue weighted by molar-refractivity contribution is 0.101. The van der Waals surface area contributed by atoms with Gasteiger partial charge in [0.25, 0.3) is 0 Å². The van der Waals surface area contributed by atoms with Crippen LogP contribution in [-0.2, 0) is 0 Å². The largest absolute Gasteiger partial charge is 0.309 e. The summed E-state index contributed by atoms with van der Waals surface area (Å²) in [4.78, 5) is 2.63. The van der Waals surface area contributed by atoms with Gasteiger partial charge in [0, 0.05) is 24.2 Å². The average Bonchev–Trinajstić information content (AvgIpc) is 2.97. The summed E-state index contributed by atoms with van der Waals surface area (Å²) in [6.45, 7) is 5.09. The average molecular weight is 290 g/mol. The van der Waals surface area contributed by atoms with Crippen LogP contribution < -0.4 is 5.32 Å². The van der Waals surface area contributed by atoms with Crippen LogP contribution in [0.2, 0.25) is 0 Å². The minimum absolute atomic E-state index is 0.0802. The van der Waals surface area contributed by atoms with Gasteiger partial charge in [-0.2, -0.15) is 0 Å². The first kappa shape index (κ1) is 15.0. The van der Waals surface area contributed by atoms with Crippen LogP contribution in [0.5, 0.6) is 0 Å². The van der Waals surface area contributed by atoms with Crippen molar-refractivity contribution in [2.24, 2.45) is 5.92 Å². The number of piperidine rings is 1. The summed E-state index contributed by atoms with van der Waals surface area (Å²) in [5, 5.41) is 3.49. The predicted molar refractivity (Wildman–Crippen MR) is 84.8 cm³/mol. The number of nitrogens with one attached hydrogen (secondary N) is 1. The number of fused-ring (bicyclic) bond motifs is 1. The first-order chi connectivity index (χ1) is 10.3. The molecule has 0 spiro atoms. The minimum Gasteiger partial charge on any atom is -0.309 e. The fraction of sp³-hybridized carbons (Fsp3) is 0.667. The fourth-order valence-electron chi connectivity index (χ4n) is 4.30. The number of halogens is 1. The highest BCUT2D eigenvalue weighted by Gasteiger charge is 2.35. The second kappa shape index (κ2) is 6.89. The molecule has 21 heavy (non-hydrogen) atoms. The van der Waals surface area contributed by atoms with E-state index in [0.717, 1.165) is 30.6 Å². The second-order valence-electron chi connectivity index (χ2n) is 6.53. The van der Waals surface area contributed by atoms with Gasteiger partial charge in [0.15, 0.2) is 0 Å². The molecule has 0 amide bonds. The van der Waals surface area contributed by atoms with E-state index in [4.69, 9.17) is 0 Å². The van der Waals surface area contributed by atoms with E-state index in [2.05, 4.69) is 17.1 Å². The van der Waals surface area contributed by atoms with Gasteiger partial charge in [0.1, 0.15) is 5.82 Å². The number of hydrogen-bond acceptors (Lipinski definition) is 2. The molecule has 3 unspecified atom stereocenters. The summed E-state index contributed by atoms with van der Waals surface area (Å²) in [7, 11) is 0. The van der Waals surface area contributed by atoms with Crippen molar-refractivity contribution in [1.82, 2.24) is 10.2 Å². The van der Waals surface area contributed by atoms with Crippen molar-refractivity contribution in [3.8, 4) is 0 Å². The smallest absolute Gasteiger partial charge is 0.128 e. The Morgan fingerprint density at radius 3 is 2.86 bits per heavy atom. The standard InChI is InChI=1S/C18H27FN2/c1-2-20-17(15-9-3-4-10-16(15)19)13-21-12-6-8-14-7-5-11-18(14)21/h3-4,9-10,14,17-18,20H,2,5-8,11-13H2,1H3. The van der Waals surface area contributed by atoms with Crippen LogP contribution in [-0.4, -0.2) is 30.6 Å². The Hall–Kier alpha value is -0.930. The van der Waals surface area contributed by atoms with Crippen molar-refractivity contribution in [3.05, 3.63) is 35.6 Å². The lowest BCUT2D eigenvalue weighted by atomic mass is 9.91. The second-order valence-corrected chi connectivity index (χ2v) is 6.53. The quantitative estimate of drug-likeness (QED) is 0.888. The Balaban J connectivity index is 1.74. The SMILES string of the molecule is CCNC(CN1CCCC2CCCC21)c1ccccc1F. The molecule has 1 aliphatic carbocycles. The molecule has 2 fully saturated rings. The van der Waals surface area contributed by atoms with Gasteiger partial charge in [-0.25, -0.2) is 4.39 Å². The van der Waals surface area contributed by atoms with Crippen LogP contribution in [0.25, 0.3) is 0 Å². The molecular weight excluding hydrogens is 263 g/mol. The molecule has 1 aromatic rings. The maximum absolute atomic E-state index is 14.1. The Morgan fingerprint density at radius 2 is 2.05 bits per heavy atom. The molecule has 1 heterocycles. The molecule has 3 heteroatoms. The molecule has 1 aliphatic heterocycles.